The Labute approximate surface area is 149 Å². The molecule has 1 N–H and O–H groups in total. The molecule has 7 heteroatoms. The number of amides is 1. The number of nitrogens with zero attached hydrogens (tertiary/aromatic N) is 2. The Morgan fingerprint density at radius 2 is 2.00 bits per heavy atom. The third kappa shape index (κ3) is 5.36. The van der Waals surface area contributed by atoms with Gasteiger partial charge in [0.1, 0.15) is 5.75 Å². The Kier molecular flexibility index (Phi) is 5.69. The second kappa shape index (κ2) is 8.34. The second-order valence-corrected chi connectivity index (χ2v) is 6.20. The Hall–Kier alpha value is -2.80. The van der Waals surface area contributed by atoms with Crippen molar-refractivity contribution in [3.05, 3.63) is 66.1 Å². The van der Waals surface area contributed by atoms with Crippen molar-refractivity contribution >= 4 is 23.4 Å². The van der Waals surface area contributed by atoms with E-state index in [2.05, 4.69) is 15.5 Å². The van der Waals surface area contributed by atoms with E-state index in [1.54, 1.807) is 0 Å². The molecule has 3 rings (SSSR count). The molecule has 0 fully saturated rings. The Morgan fingerprint density at radius 3 is 2.80 bits per heavy atom. The van der Waals surface area contributed by atoms with Crippen LogP contribution in [0.4, 0.5) is 5.69 Å². The van der Waals surface area contributed by atoms with Gasteiger partial charge in [-0.05, 0) is 36.8 Å². The maximum absolute atomic E-state index is 11.9. The lowest BCUT2D eigenvalue weighted by atomic mass is 10.2. The number of benzene rings is 2. The normalized spacial score (nSPS) is 10.4. The average molecular weight is 355 g/mol. The molecule has 6 nitrogen and oxygen atoms in total. The maximum atomic E-state index is 11.9. The van der Waals surface area contributed by atoms with Crippen LogP contribution in [-0.4, -0.2) is 21.9 Å². The fraction of sp³-hybridized carbons (Fsp3) is 0.167. The number of hydrogen-bond acceptors (Lipinski definition) is 6. The van der Waals surface area contributed by atoms with Gasteiger partial charge < -0.3 is 14.5 Å². The van der Waals surface area contributed by atoms with Gasteiger partial charge in [0.25, 0.3) is 11.1 Å². The summed E-state index contributed by atoms with van der Waals surface area (Å²) in [6.45, 7) is 2.18. The first-order valence-electron chi connectivity index (χ1n) is 7.68. The number of aromatic nitrogens is 2. The number of aryl methyl sites for hydroxylation is 1. The molecule has 0 aliphatic carbocycles. The molecule has 1 heterocycles. The lowest BCUT2D eigenvalue weighted by Crippen LogP contribution is -2.13. The number of para-hydroxylation sites is 1. The molecular formula is C18H17N3O3S. The molecule has 0 aliphatic rings. The SMILES string of the molecule is Cc1cccc(OCc2nnc(SCC(=O)Nc3ccccc3)o2)c1. The topological polar surface area (TPSA) is 77.2 Å². The number of anilines is 1. The lowest BCUT2D eigenvalue weighted by Gasteiger charge is -2.03. The minimum Gasteiger partial charge on any atom is -0.484 e. The minimum atomic E-state index is -0.132. The van der Waals surface area contributed by atoms with Gasteiger partial charge in [-0.2, -0.15) is 0 Å². The van der Waals surface area contributed by atoms with E-state index in [-0.39, 0.29) is 18.3 Å². The molecule has 0 saturated carbocycles. The average Bonchev–Trinajstić information content (AvgIpc) is 3.07. The quantitative estimate of drug-likeness (QED) is 0.651. The van der Waals surface area contributed by atoms with Gasteiger partial charge in [0.2, 0.25) is 5.91 Å². The van der Waals surface area contributed by atoms with Crippen molar-refractivity contribution in [1.29, 1.82) is 0 Å². The van der Waals surface area contributed by atoms with E-state index in [0.717, 1.165) is 17.0 Å². The molecule has 128 valence electrons. The fourth-order valence-electron chi connectivity index (χ4n) is 2.05. The van der Waals surface area contributed by atoms with Gasteiger partial charge in [-0.1, -0.05) is 42.1 Å². The standard InChI is InChI=1S/C18H17N3O3S/c1-13-6-5-9-15(10-13)23-11-17-20-21-18(24-17)25-12-16(22)19-14-7-3-2-4-8-14/h2-10H,11-12H2,1H3,(H,19,22). The van der Waals surface area contributed by atoms with Crippen LogP contribution in [0.1, 0.15) is 11.5 Å². The van der Waals surface area contributed by atoms with E-state index in [4.69, 9.17) is 9.15 Å². The van der Waals surface area contributed by atoms with E-state index < -0.39 is 0 Å². The molecular weight excluding hydrogens is 338 g/mol. The highest BCUT2D eigenvalue weighted by Crippen LogP contribution is 2.18. The van der Waals surface area contributed by atoms with Gasteiger partial charge in [0, 0.05) is 5.69 Å². The lowest BCUT2D eigenvalue weighted by molar-refractivity contribution is -0.113. The molecule has 0 radical (unpaired) electrons. The summed E-state index contributed by atoms with van der Waals surface area (Å²) in [6.07, 6.45) is 0. The molecule has 0 unspecified atom stereocenters. The monoisotopic (exact) mass is 355 g/mol. The first-order valence-corrected chi connectivity index (χ1v) is 8.67. The number of carbonyl (C=O) groups is 1. The summed E-state index contributed by atoms with van der Waals surface area (Å²) >= 11 is 1.18. The molecule has 0 atom stereocenters. The maximum Gasteiger partial charge on any atom is 0.277 e. The molecule has 2 aromatic carbocycles. The van der Waals surface area contributed by atoms with Gasteiger partial charge in [0.15, 0.2) is 6.61 Å². The third-order valence-electron chi connectivity index (χ3n) is 3.18. The summed E-state index contributed by atoms with van der Waals surface area (Å²) in [6, 6.07) is 17.0. The van der Waals surface area contributed by atoms with Crippen LogP contribution in [0.2, 0.25) is 0 Å². The van der Waals surface area contributed by atoms with Gasteiger partial charge in [-0.3, -0.25) is 4.79 Å². The number of carbonyl (C=O) groups excluding carboxylic acids is 1. The predicted molar refractivity (Wildman–Crippen MR) is 95.6 cm³/mol. The number of hydrogen-bond donors (Lipinski definition) is 1. The smallest absolute Gasteiger partial charge is 0.277 e. The zero-order chi connectivity index (χ0) is 17.5. The van der Waals surface area contributed by atoms with Crippen LogP contribution in [0.25, 0.3) is 0 Å². The summed E-state index contributed by atoms with van der Waals surface area (Å²) in [5.74, 6) is 1.17. The molecule has 1 aromatic heterocycles. The molecule has 0 aliphatic heterocycles. The molecule has 0 bridgehead atoms. The second-order valence-electron chi connectivity index (χ2n) is 5.27. The first kappa shape index (κ1) is 17.0. The van der Waals surface area contributed by atoms with E-state index >= 15 is 0 Å². The molecule has 25 heavy (non-hydrogen) atoms. The van der Waals surface area contributed by atoms with Crippen molar-refractivity contribution in [2.24, 2.45) is 0 Å². The number of rotatable bonds is 7. The predicted octanol–water partition coefficient (Wildman–Crippen LogP) is 3.69. The highest BCUT2D eigenvalue weighted by Gasteiger charge is 2.10. The van der Waals surface area contributed by atoms with Crippen LogP contribution in [0.3, 0.4) is 0 Å². The Morgan fingerprint density at radius 1 is 1.16 bits per heavy atom. The summed E-state index contributed by atoms with van der Waals surface area (Å²) in [7, 11) is 0. The fourth-order valence-corrected chi connectivity index (χ4v) is 2.63. The third-order valence-corrected chi connectivity index (χ3v) is 4.00. The van der Waals surface area contributed by atoms with E-state index in [1.807, 2.05) is 61.5 Å². The highest BCUT2D eigenvalue weighted by molar-refractivity contribution is 7.99. The van der Waals surface area contributed by atoms with Crippen molar-refractivity contribution in [2.45, 2.75) is 18.8 Å². The number of ether oxygens (including phenoxy) is 1. The van der Waals surface area contributed by atoms with Crippen LogP contribution < -0.4 is 10.1 Å². The van der Waals surface area contributed by atoms with Gasteiger partial charge in [-0.25, -0.2) is 0 Å². The summed E-state index contributed by atoms with van der Waals surface area (Å²) in [4.78, 5) is 11.9. The zero-order valence-corrected chi connectivity index (χ0v) is 14.5. The van der Waals surface area contributed by atoms with E-state index in [9.17, 15) is 4.79 Å². The van der Waals surface area contributed by atoms with Crippen LogP contribution in [0.15, 0.2) is 64.2 Å². The summed E-state index contributed by atoms with van der Waals surface area (Å²) in [5.41, 5.74) is 1.87. The van der Waals surface area contributed by atoms with Crippen molar-refractivity contribution in [1.82, 2.24) is 10.2 Å². The van der Waals surface area contributed by atoms with Gasteiger partial charge >= 0.3 is 0 Å². The van der Waals surface area contributed by atoms with E-state index in [1.165, 1.54) is 11.8 Å². The van der Waals surface area contributed by atoms with Crippen LogP contribution in [-0.2, 0) is 11.4 Å². The van der Waals surface area contributed by atoms with Crippen molar-refractivity contribution < 1.29 is 13.9 Å². The van der Waals surface area contributed by atoms with Crippen LogP contribution >= 0.6 is 11.8 Å². The highest BCUT2D eigenvalue weighted by atomic mass is 32.2. The summed E-state index contributed by atoms with van der Waals surface area (Å²) < 4.78 is 11.1. The number of nitrogens with one attached hydrogen (secondary N) is 1. The van der Waals surface area contributed by atoms with Crippen LogP contribution in [0, 0.1) is 6.92 Å². The van der Waals surface area contributed by atoms with Gasteiger partial charge in [-0.15, -0.1) is 10.2 Å². The number of thioether (sulfide) groups is 1. The minimum absolute atomic E-state index is 0.132. The first-order chi connectivity index (χ1) is 12.2. The molecule has 0 spiro atoms. The van der Waals surface area contributed by atoms with E-state index in [0.29, 0.717) is 11.1 Å². The molecule has 0 saturated heterocycles. The Balaban J connectivity index is 1.46. The molecule has 3 aromatic rings. The molecule has 1 amide bonds. The van der Waals surface area contributed by atoms with Crippen molar-refractivity contribution in [3.8, 4) is 5.75 Å². The van der Waals surface area contributed by atoms with Gasteiger partial charge in [0.05, 0.1) is 5.75 Å². The zero-order valence-electron chi connectivity index (χ0n) is 13.6. The van der Waals surface area contributed by atoms with Crippen molar-refractivity contribution in [2.75, 3.05) is 11.1 Å². The van der Waals surface area contributed by atoms with Crippen LogP contribution in [0.5, 0.6) is 5.75 Å². The Bertz CT molecular complexity index is 836. The van der Waals surface area contributed by atoms with Crippen molar-refractivity contribution in [3.63, 3.8) is 0 Å². The summed E-state index contributed by atoms with van der Waals surface area (Å²) in [5, 5.41) is 11.0. The largest absolute Gasteiger partial charge is 0.484 e.